The number of aliphatic imine (C=N–C) groups is 1. The fourth-order valence-corrected chi connectivity index (χ4v) is 3.77. The zero-order valence-corrected chi connectivity index (χ0v) is 18.5. The number of fused-ring (bicyclic) bond motifs is 1. The van der Waals surface area contributed by atoms with E-state index in [0.29, 0.717) is 38.7 Å². The van der Waals surface area contributed by atoms with Crippen molar-refractivity contribution in [3.63, 3.8) is 0 Å². The lowest BCUT2D eigenvalue weighted by Crippen LogP contribution is -2.50. The zero-order chi connectivity index (χ0) is 23.2. The molecule has 33 heavy (non-hydrogen) atoms. The standard InChI is InChI=1S/C24H26N4O5/c1-2-32-21(29)10-11-25-24(31)28-14-12-27(13-15-28)16-20-23(30)33-22(26-20)19-9-5-7-17-6-3-4-8-18(17)19/h3-9,16H,2,10-15H2,1H3,(H,25,31). The number of hydrogen-bond acceptors (Lipinski definition) is 7. The molecule has 0 bridgehead atoms. The van der Waals surface area contributed by atoms with Crippen LogP contribution in [0.1, 0.15) is 18.9 Å². The Labute approximate surface area is 191 Å². The number of piperazine rings is 1. The fourth-order valence-electron chi connectivity index (χ4n) is 3.77. The Balaban J connectivity index is 1.34. The molecule has 172 valence electrons. The molecule has 0 aromatic heterocycles. The number of amides is 2. The number of cyclic esters (lactones) is 1. The van der Waals surface area contributed by atoms with Crippen LogP contribution in [0.4, 0.5) is 4.79 Å². The molecular formula is C24H26N4O5. The van der Waals surface area contributed by atoms with E-state index in [2.05, 4.69) is 10.3 Å². The number of carbonyl (C=O) groups excluding carboxylic acids is 3. The van der Waals surface area contributed by atoms with Gasteiger partial charge in [0.25, 0.3) is 0 Å². The molecule has 2 aromatic carbocycles. The van der Waals surface area contributed by atoms with Crippen LogP contribution in [0.25, 0.3) is 10.8 Å². The summed E-state index contributed by atoms with van der Waals surface area (Å²) in [6, 6.07) is 13.4. The summed E-state index contributed by atoms with van der Waals surface area (Å²) in [4.78, 5) is 44.1. The van der Waals surface area contributed by atoms with Crippen molar-refractivity contribution >= 4 is 34.6 Å². The van der Waals surface area contributed by atoms with Gasteiger partial charge in [-0.15, -0.1) is 0 Å². The number of carbonyl (C=O) groups is 3. The van der Waals surface area contributed by atoms with Gasteiger partial charge in [0.15, 0.2) is 5.70 Å². The van der Waals surface area contributed by atoms with Crippen LogP contribution in [-0.2, 0) is 19.1 Å². The maximum Gasteiger partial charge on any atom is 0.365 e. The van der Waals surface area contributed by atoms with Gasteiger partial charge in [-0.05, 0) is 23.8 Å². The van der Waals surface area contributed by atoms with Crippen LogP contribution in [0.3, 0.4) is 0 Å². The van der Waals surface area contributed by atoms with E-state index in [0.717, 1.165) is 16.3 Å². The SMILES string of the molecule is CCOC(=O)CCNC(=O)N1CCN(C=C2N=C(c3cccc4ccccc34)OC2=O)CC1. The summed E-state index contributed by atoms with van der Waals surface area (Å²) in [6.45, 7) is 4.40. The van der Waals surface area contributed by atoms with Crippen molar-refractivity contribution in [1.82, 2.24) is 15.1 Å². The largest absolute Gasteiger partial charge is 0.466 e. The molecule has 0 radical (unpaired) electrons. The van der Waals surface area contributed by atoms with Gasteiger partial charge in [0.2, 0.25) is 5.90 Å². The van der Waals surface area contributed by atoms with Gasteiger partial charge in [-0.3, -0.25) is 4.79 Å². The molecule has 1 N–H and O–H groups in total. The third-order valence-electron chi connectivity index (χ3n) is 5.46. The summed E-state index contributed by atoms with van der Waals surface area (Å²) in [6.07, 6.45) is 1.83. The highest BCUT2D eigenvalue weighted by molar-refractivity contribution is 6.16. The normalized spacial score (nSPS) is 17.2. The van der Waals surface area contributed by atoms with E-state index in [9.17, 15) is 14.4 Å². The van der Waals surface area contributed by atoms with Gasteiger partial charge in [0, 0.05) is 44.5 Å². The molecule has 0 saturated carbocycles. The minimum atomic E-state index is -0.489. The quantitative estimate of drug-likeness (QED) is 0.535. The topological polar surface area (TPSA) is 101 Å². The Hall–Kier alpha value is -3.88. The van der Waals surface area contributed by atoms with Crippen LogP contribution in [0.5, 0.6) is 0 Å². The first-order chi connectivity index (χ1) is 16.0. The predicted octanol–water partition coefficient (Wildman–Crippen LogP) is 2.26. The second-order valence-corrected chi connectivity index (χ2v) is 7.66. The first-order valence-electron chi connectivity index (χ1n) is 11.0. The Bertz CT molecular complexity index is 1110. The van der Waals surface area contributed by atoms with Crippen molar-refractivity contribution in [2.45, 2.75) is 13.3 Å². The third kappa shape index (κ3) is 5.31. The molecular weight excluding hydrogens is 424 g/mol. The smallest absolute Gasteiger partial charge is 0.365 e. The number of rotatable bonds is 6. The fraction of sp³-hybridized carbons (Fsp3) is 0.333. The van der Waals surface area contributed by atoms with Crippen LogP contribution in [-0.4, -0.2) is 73.0 Å². The van der Waals surface area contributed by atoms with Crippen LogP contribution in [0, 0.1) is 0 Å². The molecule has 1 fully saturated rings. The molecule has 0 atom stereocenters. The van der Waals surface area contributed by atoms with Gasteiger partial charge in [-0.25, -0.2) is 14.6 Å². The number of hydrogen-bond donors (Lipinski definition) is 1. The zero-order valence-electron chi connectivity index (χ0n) is 18.5. The summed E-state index contributed by atoms with van der Waals surface area (Å²) in [5, 5.41) is 4.74. The van der Waals surface area contributed by atoms with Crippen LogP contribution >= 0.6 is 0 Å². The van der Waals surface area contributed by atoms with E-state index in [1.54, 1.807) is 18.0 Å². The lowest BCUT2D eigenvalue weighted by molar-refractivity contribution is -0.142. The monoisotopic (exact) mass is 450 g/mol. The highest BCUT2D eigenvalue weighted by Crippen LogP contribution is 2.24. The second-order valence-electron chi connectivity index (χ2n) is 7.66. The Morgan fingerprint density at radius 2 is 1.88 bits per heavy atom. The van der Waals surface area contributed by atoms with E-state index < -0.39 is 5.97 Å². The molecule has 0 unspecified atom stereocenters. The lowest BCUT2D eigenvalue weighted by Gasteiger charge is -2.34. The number of ether oxygens (including phenoxy) is 2. The molecule has 4 rings (SSSR count). The summed E-state index contributed by atoms with van der Waals surface area (Å²) in [5.41, 5.74) is 1.01. The second kappa shape index (κ2) is 10.2. The van der Waals surface area contributed by atoms with Crippen molar-refractivity contribution in [2.75, 3.05) is 39.3 Å². The highest BCUT2D eigenvalue weighted by Gasteiger charge is 2.27. The summed E-state index contributed by atoms with van der Waals surface area (Å²) in [7, 11) is 0. The van der Waals surface area contributed by atoms with E-state index in [1.807, 2.05) is 47.4 Å². The maximum absolute atomic E-state index is 12.4. The third-order valence-corrected chi connectivity index (χ3v) is 5.46. The van der Waals surface area contributed by atoms with Gasteiger partial charge >= 0.3 is 18.0 Å². The first kappa shape index (κ1) is 22.3. The molecule has 9 nitrogen and oxygen atoms in total. The van der Waals surface area contributed by atoms with E-state index in [1.165, 1.54) is 0 Å². The summed E-state index contributed by atoms with van der Waals surface area (Å²) in [5.74, 6) is -0.527. The lowest BCUT2D eigenvalue weighted by atomic mass is 10.0. The molecule has 2 heterocycles. The molecule has 2 aliphatic rings. The van der Waals surface area contributed by atoms with Gasteiger partial charge in [-0.2, -0.15) is 0 Å². The first-order valence-corrected chi connectivity index (χ1v) is 11.0. The molecule has 2 amide bonds. The Morgan fingerprint density at radius 3 is 2.67 bits per heavy atom. The van der Waals surface area contributed by atoms with Crippen molar-refractivity contribution in [1.29, 1.82) is 0 Å². The van der Waals surface area contributed by atoms with Crippen molar-refractivity contribution in [2.24, 2.45) is 4.99 Å². The number of nitrogens with zero attached hydrogens (tertiary/aromatic N) is 3. The molecule has 9 heteroatoms. The maximum atomic E-state index is 12.4. The van der Waals surface area contributed by atoms with Gasteiger partial charge in [0.1, 0.15) is 0 Å². The average Bonchev–Trinajstić information content (AvgIpc) is 3.19. The minimum Gasteiger partial charge on any atom is -0.466 e. The van der Waals surface area contributed by atoms with E-state index in [-0.39, 0.29) is 30.7 Å². The predicted molar refractivity (Wildman–Crippen MR) is 122 cm³/mol. The number of benzene rings is 2. The summed E-state index contributed by atoms with van der Waals surface area (Å²) < 4.78 is 10.3. The highest BCUT2D eigenvalue weighted by atomic mass is 16.6. The van der Waals surface area contributed by atoms with Crippen LogP contribution < -0.4 is 5.32 Å². The van der Waals surface area contributed by atoms with Gasteiger partial charge in [-0.1, -0.05) is 36.4 Å². The Kier molecular flexibility index (Phi) is 6.87. The number of urea groups is 1. The summed E-state index contributed by atoms with van der Waals surface area (Å²) >= 11 is 0. The number of nitrogens with one attached hydrogen (secondary N) is 1. The molecule has 0 aliphatic carbocycles. The van der Waals surface area contributed by atoms with Crippen molar-refractivity contribution in [3.05, 3.63) is 59.9 Å². The van der Waals surface area contributed by atoms with E-state index in [4.69, 9.17) is 9.47 Å². The van der Waals surface area contributed by atoms with Crippen LogP contribution in [0.2, 0.25) is 0 Å². The molecule has 0 spiro atoms. The van der Waals surface area contributed by atoms with Crippen molar-refractivity contribution in [3.8, 4) is 0 Å². The van der Waals surface area contributed by atoms with Crippen LogP contribution in [0.15, 0.2) is 59.4 Å². The van der Waals surface area contributed by atoms with Gasteiger partial charge in [0.05, 0.1) is 13.0 Å². The molecule has 2 aliphatic heterocycles. The molecule has 1 saturated heterocycles. The number of esters is 2. The Morgan fingerprint density at radius 1 is 1.12 bits per heavy atom. The van der Waals surface area contributed by atoms with Crippen molar-refractivity contribution < 1.29 is 23.9 Å². The average molecular weight is 450 g/mol. The van der Waals surface area contributed by atoms with Gasteiger partial charge < -0.3 is 24.6 Å². The molecule has 2 aromatic rings. The van der Waals surface area contributed by atoms with E-state index >= 15 is 0 Å². The minimum absolute atomic E-state index is 0.144.